The van der Waals surface area contributed by atoms with Crippen LogP contribution in [0.15, 0.2) is 18.2 Å². The van der Waals surface area contributed by atoms with Gasteiger partial charge in [0.15, 0.2) is 0 Å². The van der Waals surface area contributed by atoms with Crippen LogP contribution in [0.5, 0.6) is 5.75 Å². The van der Waals surface area contributed by atoms with Gasteiger partial charge in [0.1, 0.15) is 12.4 Å². The van der Waals surface area contributed by atoms with Crippen LogP contribution in [0.4, 0.5) is 0 Å². The maximum absolute atomic E-state index is 12.4. The van der Waals surface area contributed by atoms with Crippen molar-refractivity contribution in [2.45, 2.75) is 13.0 Å². The highest BCUT2D eigenvalue weighted by Crippen LogP contribution is 2.20. The second-order valence-corrected chi connectivity index (χ2v) is 5.61. The van der Waals surface area contributed by atoms with Crippen LogP contribution in [-0.4, -0.2) is 69.9 Å². The molecule has 1 N–H and O–H groups in total. The summed E-state index contributed by atoms with van der Waals surface area (Å²) in [5, 5.41) is 2.86. The first-order chi connectivity index (χ1) is 11.6. The standard InChI is InChI=1S/C17H24N2O5/c1-12-14(5-4-6-15(12)23-3)17(21)18-9-13-10-19(7-8-22-2)16(20)11-24-13/h4-6,13H,7-11H2,1-3H3,(H,18,21). The fraction of sp³-hybridized carbons (Fsp3) is 0.529. The number of hydrogen-bond donors (Lipinski definition) is 1. The maximum atomic E-state index is 12.4. The molecule has 7 heteroatoms. The van der Waals surface area contributed by atoms with E-state index in [1.807, 2.05) is 13.0 Å². The molecule has 1 heterocycles. The lowest BCUT2D eigenvalue weighted by atomic mass is 10.1. The van der Waals surface area contributed by atoms with Gasteiger partial charge in [0.25, 0.3) is 5.91 Å². The van der Waals surface area contributed by atoms with Crippen LogP contribution in [-0.2, 0) is 14.3 Å². The molecule has 2 rings (SSSR count). The summed E-state index contributed by atoms with van der Waals surface area (Å²) in [6.45, 7) is 3.66. The number of benzene rings is 1. The number of carbonyl (C=O) groups is 2. The number of methoxy groups -OCH3 is 2. The Balaban J connectivity index is 1.91. The van der Waals surface area contributed by atoms with E-state index in [9.17, 15) is 9.59 Å². The molecule has 1 unspecified atom stereocenters. The van der Waals surface area contributed by atoms with Gasteiger partial charge < -0.3 is 24.4 Å². The van der Waals surface area contributed by atoms with Crippen LogP contribution in [0.3, 0.4) is 0 Å². The molecule has 0 saturated carbocycles. The van der Waals surface area contributed by atoms with Gasteiger partial charge >= 0.3 is 0 Å². The molecule has 1 aromatic rings. The predicted molar refractivity (Wildman–Crippen MR) is 88.3 cm³/mol. The molecule has 1 aliphatic heterocycles. The molecule has 1 atom stereocenters. The summed E-state index contributed by atoms with van der Waals surface area (Å²) in [5.74, 6) is 0.432. The largest absolute Gasteiger partial charge is 0.496 e. The number of ether oxygens (including phenoxy) is 3. The fourth-order valence-corrected chi connectivity index (χ4v) is 2.61. The summed E-state index contributed by atoms with van der Waals surface area (Å²) in [4.78, 5) is 25.8. The average molecular weight is 336 g/mol. The van der Waals surface area contributed by atoms with Gasteiger partial charge in [-0.25, -0.2) is 0 Å². The van der Waals surface area contributed by atoms with Crippen molar-refractivity contribution in [1.29, 1.82) is 0 Å². The Morgan fingerprint density at radius 2 is 2.21 bits per heavy atom. The van der Waals surface area contributed by atoms with E-state index in [2.05, 4.69) is 5.32 Å². The molecule has 0 spiro atoms. The van der Waals surface area contributed by atoms with E-state index in [1.165, 1.54) is 0 Å². The summed E-state index contributed by atoms with van der Waals surface area (Å²) in [7, 11) is 3.17. The Hall–Kier alpha value is -2.12. The monoisotopic (exact) mass is 336 g/mol. The summed E-state index contributed by atoms with van der Waals surface area (Å²) >= 11 is 0. The van der Waals surface area contributed by atoms with E-state index in [1.54, 1.807) is 31.3 Å². The van der Waals surface area contributed by atoms with Crippen LogP contribution >= 0.6 is 0 Å². The van der Waals surface area contributed by atoms with Gasteiger partial charge in [-0.2, -0.15) is 0 Å². The summed E-state index contributed by atoms with van der Waals surface area (Å²) < 4.78 is 15.7. The van der Waals surface area contributed by atoms with Gasteiger partial charge in [0.05, 0.1) is 19.8 Å². The summed E-state index contributed by atoms with van der Waals surface area (Å²) in [6.07, 6.45) is -0.227. The first-order valence-corrected chi connectivity index (χ1v) is 7.87. The lowest BCUT2D eigenvalue weighted by molar-refractivity contribution is -0.149. The van der Waals surface area contributed by atoms with Gasteiger partial charge in [-0.05, 0) is 19.1 Å². The van der Waals surface area contributed by atoms with Crippen molar-refractivity contribution in [3.05, 3.63) is 29.3 Å². The Labute approximate surface area is 141 Å². The van der Waals surface area contributed by atoms with E-state index in [-0.39, 0.29) is 24.5 Å². The van der Waals surface area contributed by atoms with Crippen LogP contribution in [0, 0.1) is 6.92 Å². The first kappa shape index (κ1) is 18.2. The van der Waals surface area contributed by atoms with Crippen molar-refractivity contribution < 1.29 is 23.8 Å². The second-order valence-electron chi connectivity index (χ2n) is 5.61. The lowest BCUT2D eigenvalue weighted by Gasteiger charge is -2.32. The van der Waals surface area contributed by atoms with E-state index in [4.69, 9.17) is 14.2 Å². The Bertz CT molecular complexity index is 590. The van der Waals surface area contributed by atoms with E-state index < -0.39 is 0 Å². The van der Waals surface area contributed by atoms with Crippen LogP contribution in [0.1, 0.15) is 15.9 Å². The van der Waals surface area contributed by atoms with Gasteiger partial charge in [0.2, 0.25) is 5.91 Å². The van der Waals surface area contributed by atoms with Crippen molar-refractivity contribution in [2.24, 2.45) is 0 Å². The quantitative estimate of drug-likeness (QED) is 0.789. The molecule has 0 radical (unpaired) electrons. The van der Waals surface area contributed by atoms with E-state index >= 15 is 0 Å². The van der Waals surface area contributed by atoms with Gasteiger partial charge in [-0.1, -0.05) is 6.07 Å². The fourth-order valence-electron chi connectivity index (χ4n) is 2.61. The minimum absolute atomic E-state index is 0.0302. The minimum atomic E-state index is -0.227. The highest BCUT2D eigenvalue weighted by Gasteiger charge is 2.26. The lowest BCUT2D eigenvalue weighted by Crippen LogP contribution is -2.51. The number of nitrogens with zero attached hydrogens (tertiary/aromatic N) is 1. The zero-order valence-corrected chi connectivity index (χ0v) is 14.3. The molecule has 24 heavy (non-hydrogen) atoms. The van der Waals surface area contributed by atoms with Crippen molar-refractivity contribution in [3.8, 4) is 5.75 Å². The minimum Gasteiger partial charge on any atom is -0.496 e. The normalized spacial score (nSPS) is 17.7. The molecule has 1 fully saturated rings. The molecule has 2 amide bonds. The zero-order valence-electron chi connectivity index (χ0n) is 14.3. The third-order valence-electron chi connectivity index (χ3n) is 4.02. The van der Waals surface area contributed by atoms with Crippen LogP contribution in [0.25, 0.3) is 0 Å². The van der Waals surface area contributed by atoms with E-state index in [0.717, 1.165) is 5.56 Å². The predicted octanol–water partition coefficient (Wildman–Crippen LogP) is 0.607. The number of morpholine rings is 1. The van der Waals surface area contributed by atoms with Gasteiger partial charge in [-0.15, -0.1) is 0 Å². The van der Waals surface area contributed by atoms with Crippen LogP contribution < -0.4 is 10.1 Å². The number of nitrogens with one attached hydrogen (secondary N) is 1. The van der Waals surface area contributed by atoms with Crippen molar-refractivity contribution in [2.75, 3.05) is 47.1 Å². The van der Waals surface area contributed by atoms with Crippen molar-refractivity contribution in [3.63, 3.8) is 0 Å². The Kier molecular flexibility index (Phi) is 6.57. The second kappa shape index (κ2) is 8.65. The molecule has 0 aromatic heterocycles. The molecule has 132 valence electrons. The SMILES string of the molecule is COCCN1CC(CNC(=O)c2cccc(OC)c2C)OCC1=O. The summed E-state index contributed by atoms with van der Waals surface area (Å²) in [6, 6.07) is 5.35. The highest BCUT2D eigenvalue weighted by atomic mass is 16.5. The number of amides is 2. The third-order valence-corrected chi connectivity index (χ3v) is 4.02. The number of hydrogen-bond acceptors (Lipinski definition) is 5. The summed E-state index contributed by atoms with van der Waals surface area (Å²) in [5.41, 5.74) is 1.36. The third kappa shape index (κ3) is 4.46. The molecule has 1 aromatic carbocycles. The van der Waals surface area contributed by atoms with Crippen molar-refractivity contribution >= 4 is 11.8 Å². The number of rotatable bonds is 7. The molecule has 0 bridgehead atoms. The highest BCUT2D eigenvalue weighted by molar-refractivity contribution is 5.96. The molecular formula is C17H24N2O5. The molecule has 1 saturated heterocycles. The number of carbonyl (C=O) groups excluding carboxylic acids is 2. The van der Waals surface area contributed by atoms with Gasteiger partial charge in [-0.3, -0.25) is 9.59 Å². The zero-order chi connectivity index (χ0) is 17.5. The molecular weight excluding hydrogens is 312 g/mol. The van der Waals surface area contributed by atoms with Gasteiger partial charge in [0, 0.05) is 37.9 Å². The average Bonchev–Trinajstić information content (AvgIpc) is 2.59. The maximum Gasteiger partial charge on any atom is 0.251 e. The molecule has 0 aliphatic carbocycles. The molecule has 1 aliphatic rings. The smallest absolute Gasteiger partial charge is 0.251 e. The Morgan fingerprint density at radius 3 is 2.92 bits per heavy atom. The molecule has 7 nitrogen and oxygen atoms in total. The topological polar surface area (TPSA) is 77.1 Å². The van der Waals surface area contributed by atoms with Crippen molar-refractivity contribution in [1.82, 2.24) is 10.2 Å². The Morgan fingerprint density at radius 1 is 1.42 bits per heavy atom. The first-order valence-electron chi connectivity index (χ1n) is 7.87. The van der Waals surface area contributed by atoms with E-state index in [0.29, 0.717) is 37.6 Å². The van der Waals surface area contributed by atoms with Crippen LogP contribution in [0.2, 0.25) is 0 Å².